The highest BCUT2D eigenvalue weighted by molar-refractivity contribution is 7.16. The summed E-state index contributed by atoms with van der Waals surface area (Å²) in [5.41, 5.74) is 0. The average Bonchev–Trinajstić information content (AvgIpc) is 1.94. The third-order valence-corrected chi connectivity index (χ3v) is 2.12. The number of rotatable bonds is 7. The Morgan fingerprint density at radius 1 is 0.833 bits per heavy atom. The van der Waals surface area contributed by atoms with Gasteiger partial charge in [0.2, 0.25) is 0 Å². The minimum Gasteiger partial charge on any atom is -0.344 e. The molecule has 3 N–H and O–H groups in total. The molecule has 1 unspecified atom stereocenters. The summed E-state index contributed by atoms with van der Waals surface area (Å²) in [5.74, 6) is -2.46. The zero-order chi connectivity index (χ0) is 9.45. The first-order valence-corrected chi connectivity index (χ1v) is 5.25. The molecule has 74 valence electrons. The quantitative estimate of drug-likeness (QED) is 0.319. The summed E-state index contributed by atoms with van der Waals surface area (Å²) < 4.78 is 0. The molecular formula is C8H19O3P. The Morgan fingerprint density at radius 2 is 1.33 bits per heavy atom. The van der Waals surface area contributed by atoms with Crippen molar-refractivity contribution in [3.05, 3.63) is 0 Å². The summed E-state index contributed by atoms with van der Waals surface area (Å²) in [6.45, 7) is 0. The van der Waals surface area contributed by atoms with E-state index in [4.69, 9.17) is 15.3 Å². The largest absolute Gasteiger partial charge is 0.344 e. The van der Waals surface area contributed by atoms with Gasteiger partial charge >= 0.3 is 0 Å². The molecule has 0 fully saturated rings. The zero-order valence-corrected chi connectivity index (χ0v) is 8.52. The average molecular weight is 194 g/mol. The third kappa shape index (κ3) is 10.3. The van der Waals surface area contributed by atoms with Crippen molar-refractivity contribution in [2.45, 2.75) is 44.5 Å². The minimum atomic E-state index is -2.46. The highest BCUT2D eigenvalue weighted by atomic mass is 31.0. The maximum Gasteiger partial charge on any atom is 0.275 e. The van der Waals surface area contributed by atoms with Crippen molar-refractivity contribution in [3.63, 3.8) is 0 Å². The fourth-order valence-electron chi connectivity index (χ4n) is 1.04. The molecule has 0 saturated carbocycles. The first-order valence-electron chi connectivity index (χ1n) is 4.43. The van der Waals surface area contributed by atoms with Gasteiger partial charge in [0.25, 0.3) is 5.97 Å². The van der Waals surface area contributed by atoms with Crippen LogP contribution in [0.1, 0.15) is 38.5 Å². The second-order valence-electron chi connectivity index (χ2n) is 3.08. The van der Waals surface area contributed by atoms with E-state index >= 15 is 0 Å². The molecule has 0 bridgehead atoms. The van der Waals surface area contributed by atoms with Crippen LogP contribution in [0.5, 0.6) is 0 Å². The lowest BCUT2D eigenvalue weighted by molar-refractivity contribution is -0.315. The molecule has 4 heteroatoms. The van der Waals surface area contributed by atoms with Gasteiger partial charge in [-0.3, -0.25) is 0 Å². The Kier molecular flexibility index (Phi) is 6.96. The molecule has 0 aromatic rings. The summed E-state index contributed by atoms with van der Waals surface area (Å²) in [6, 6.07) is 0. The van der Waals surface area contributed by atoms with Gasteiger partial charge in [0.15, 0.2) is 0 Å². The smallest absolute Gasteiger partial charge is 0.275 e. The fourth-order valence-corrected chi connectivity index (χ4v) is 1.33. The van der Waals surface area contributed by atoms with Crippen LogP contribution >= 0.6 is 9.24 Å². The van der Waals surface area contributed by atoms with Crippen LogP contribution in [0.3, 0.4) is 0 Å². The molecule has 0 aromatic carbocycles. The van der Waals surface area contributed by atoms with Gasteiger partial charge in [-0.1, -0.05) is 19.3 Å². The second kappa shape index (κ2) is 6.79. The zero-order valence-electron chi connectivity index (χ0n) is 7.37. The van der Waals surface area contributed by atoms with Crippen molar-refractivity contribution in [1.29, 1.82) is 0 Å². The number of hydrogen-bond donors (Lipinski definition) is 3. The highest BCUT2D eigenvalue weighted by Crippen LogP contribution is 2.11. The molecule has 0 aliphatic carbocycles. The maximum absolute atomic E-state index is 8.53. The Labute approximate surface area is 76.0 Å². The molecule has 0 rings (SSSR count). The molecule has 0 saturated heterocycles. The lowest BCUT2D eigenvalue weighted by Crippen LogP contribution is -2.26. The highest BCUT2D eigenvalue weighted by Gasteiger charge is 2.16. The topological polar surface area (TPSA) is 60.7 Å². The molecule has 1 atom stereocenters. The molecule has 0 radical (unpaired) electrons. The van der Waals surface area contributed by atoms with E-state index in [9.17, 15) is 0 Å². The predicted octanol–water partition coefficient (Wildman–Crippen LogP) is 0.833. The van der Waals surface area contributed by atoms with E-state index < -0.39 is 5.97 Å². The Bertz CT molecular complexity index is 101. The summed E-state index contributed by atoms with van der Waals surface area (Å²) >= 11 is 0. The number of hydrogen-bond acceptors (Lipinski definition) is 3. The van der Waals surface area contributed by atoms with Crippen LogP contribution in [0.4, 0.5) is 0 Å². The number of aliphatic hydroxyl groups is 3. The molecule has 0 aliphatic heterocycles. The first kappa shape index (κ1) is 12.3. The van der Waals surface area contributed by atoms with Gasteiger partial charge in [0, 0.05) is 6.42 Å². The van der Waals surface area contributed by atoms with Gasteiger partial charge in [-0.15, -0.1) is 9.24 Å². The lowest BCUT2D eigenvalue weighted by Gasteiger charge is -2.12. The van der Waals surface area contributed by atoms with E-state index in [2.05, 4.69) is 9.24 Å². The molecule has 0 aromatic heterocycles. The van der Waals surface area contributed by atoms with Crippen LogP contribution in [0.15, 0.2) is 0 Å². The van der Waals surface area contributed by atoms with Gasteiger partial charge in [-0.25, -0.2) is 0 Å². The molecule has 12 heavy (non-hydrogen) atoms. The standard InChI is InChI=1S/C8H19O3P/c9-8(10,11)6-4-2-1-3-5-7-12/h9-11H,1-7,12H2. The fraction of sp³-hybridized carbons (Fsp3) is 1.00. The predicted molar refractivity (Wildman–Crippen MR) is 51.7 cm³/mol. The van der Waals surface area contributed by atoms with Gasteiger partial charge in [0.05, 0.1) is 0 Å². The van der Waals surface area contributed by atoms with E-state index in [0.717, 1.165) is 19.0 Å². The summed E-state index contributed by atoms with van der Waals surface area (Å²) in [4.78, 5) is 0. The van der Waals surface area contributed by atoms with Crippen molar-refractivity contribution in [1.82, 2.24) is 0 Å². The number of unbranched alkanes of at least 4 members (excludes halogenated alkanes) is 4. The van der Waals surface area contributed by atoms with E-state index in [1.165, 1.54) is 12.8 Å². The Hall–Kier alpha value is 0.310. The van der Waals surface area contributed by atoms with Gasteiger partial charge in [0.1, 0.15) is 0 Å². The Morgan fingerprint density at radius 3 is 1.83 bits per heavy atom. The van der Waals surface area contributed by atoms with Crippen molar-refractivity contribution in [2.75, 3.05) is 6.16 Å². The van der Waals surface area contributed by atoms with Crippen molar-refractivity contribution < 1.29 is 15.3 Å². The SMILES string of the molecule is OC(O)(O)CCCCCCCP. The summed E-state index contributed by atoms with van der Waals surface area (Å²) in [6.07, 6.45) is 6.28. The van der Waals surface area contributed by atoms with Crippen molar-refractivity contribution >= 4 is 9.24 Å². The van der Waals surface area contributed by atoms with E-state index in [0.29, 0.717) is 6.42 Å². The van der Waals surface area contributed by atoms with E-state index in [-0.39, 0.29) is 6.42 Å². The molecule has 3 nitrogen and oxygen atoms in total. The van der Waals surface area contributed by atoms with Gasteiger partial charge < -0.3 is 15.3 Å². The van der Waals surface area contributed by atoms with Crippen molar-refractivity contribution in [3.8, 4) is 0 Å². The summed E-state index contributed by atoms with van der Waals surface area (Å²) in [5, 5.41) is 25.6. The first-order chi connectivity index (χ1) is 5.56. The van der Waals surface area contributed by atoms with Gasteiger partial charge in [-0.05, 0) is 19.0 Å². The van der Waals surface area contributed by atoms with Crippen molar-refractivity contribution in [2.24, 2.45) is 0 Å². The van der Waals surface area contributed by atoms with Gasteiger partial charge in [-0.2, -0.15) is 0 Å². The van der Waals surface area contributed by atoms with Crippen LogP contribution in [0, 0.1) is 0 Å². The monoisotopic (exact) mass is 194 g/mol. The van der Waals surface area contributed by atoms with E-state index in [1.54, 1.807) is 0 Å². The molecule has 0 aliphatic rings. The van der Waals surface area contributed by atoms with E-state index in [1.807, 2.05) is 0 Å². The lowest BCUT2D eigenvalue weighted by atomic mass is 10.1. The van der Waals surface area contributed by atoms with Crippen LogP contribution < -0.4 is 0 Å². The summed E-state index contributed by atoms with van der Waals surface area (Å²) in [7, 11) is 2.68. The molecule has 0 spiro atoms. The molecular weight excluding hydrogens is 175 g/mol. The molecule has 0 heterocycles. The Balaban J connectivity index is 3.01. The van der Waals surface area contributed by atoms with Crippen LogP contribution in [-0.2, 0) is 0 Å². The molecule has 0 amide bonds. The normalized spacial score (nSPS) is 12.0. The third-order valence-electron chi connectivity index (χ3n) is 1.72. The maximum atomic E-state index is 8.53. The minimum absolute atomic E-state index is 0.0495. The van der Waals surface area contributed by atoms with Crippen LogP contribution in [0.25, 0.3) is 0 Å². The second-order valence-corrected chi connectivity index (χ2v) is 3.66. The van der Waals surface area contributed by atoms with Crippen LogP contribution in [-0.4, -0.2) is 27.5 Å². The van der Waals surface area contributed by atoms with Crippen LogP contribution in [0.2, 0.25) is 0 Å².